The average molecular weight is 261 g/mol. The summed E-state index contributed by atoms with van der Waals surface area (Å²) in [5.74, 6) is 0.974. The lowest BCUT2D eigenvalue weighted by molar-refractivity contribution is -0.118. The van der Waals surface area contributed by atoms with Crippen LogP contribution >= 0.6 is 0 Å². The molecule has 1 heterocycles. The van der Waals surface area contributed by atoms with Crippen molar-refractivity contribution in [3.05, 3.63) is 29.3 Å². The summed E-state index contributed by atoms with van der Waals surface area (Å²) < 4.78 is 0. The van der Waals surface area contributed by atoms with Gasteiger partial charge in [0.2, 0.25) is 5.91 Å². The standard InChI is InChI=1S/C16H23NO2/c1-11(2)14(10-18)9-12-4-6-15-13(8-12)5-7-16(19)17(15)3/h4,6,8,11,14,18H,5,7,9-10H2,1-3H3. The van der Waals surface area contributed by atoms with E-state index in [4.69, 9.17) is 0 Å². The first kappa shape index (κ1) is 14.1. The first-order valence-corrected chi connectivity index (χ1v) is 7.02. The van der Waals surface area contributed by atoms with E-state index in [0.717, 1.165) is 18.5 Å². The second-order valence-electron chi connectivity index (χ2n) is 5.81. The Labute approximate surface area is 115 Å². The topological polar surface area (TPSA) is 40.5 Å². The van der Waals surface area contributed by atoms with Crippen molar-refractivity contribution in [2.75, 3.05) is 18.6 Å². The van der Waals surface area contributed by atoms with Crippen LogP contribution in [0.3, 0.4) is 0 Å². The number of hydrogen-bond acceptors (Lipinski definition) is 2. The Balaban J connectivity index is 2.20. The zero-order chi connectivity index (χ0) is 14.0. The number of hydrogen-bond donors (Lipinski definition) is 1. The summed E-state index contributed by atoms with van der Waals surface area (Å²) in [5, 5.41) is 9.42. The number of nitrogens with zero attached hydrogens (tertiary/aromatic N) is 1. The molecule has 0 fully saturated rings. The predicted octanol–water partition coefficient (Wildman–Crippen LogP) is 2.40. The highest BCUT2D eigenvalue weighted by molar-refractivity contribution is 5.95. The average Bonchev–Trinajstić information content (AvgIpc) is 2.40. The molecule has 0 radical (unpaired) electrons. The van der Waals surface area contributed by atoms with E-state index in [-0.39, 0.29) is 12.5 Å². The Kier molecular flexibility index (Phi) is 4.25. The van der Waals surface area contributed by atoms with Gasteiger partial charge >= 0.3 is 0 Å². The quantitative estimate of drug-likeness (QED) is 0.904. The van der Waals surface area contributed by atoms with Crippen LogP contribution in [0.15, 0.2) is 18.2 Å². The van der Waals surface area contributed by atoms with Gasteiger partial charge in [-0.1, -0.05) is 26.0 Å². The van der Waals surface area contributed by atoms with Gasteiger partial charge in [0.25, 0.3) is 0 Å². The van der Waals surface area contributed by atoms with Crippen LogP contribution < -0.4 is 4.90 Å². The van der Waals surface area contributed by atoms with Crippen molar-refractivity contribution in [3.63, 3.8) is 0 Å². The number of rotatable bonds is 4. The van der Waals surface area contributed by atoms with E-state index in [0.29, 0.717) is 18.3 Å². The second kappa shape index (κ2) is 5.74. The number of fused-ring (bicyclic) bond motifs is 1. The minimum Gasteiger partial charge on any atom is -0.396 e. The highest BCUT2D eigenvalue weighted by Crippen LogP contribution is 2.29. The molecule has 3 heteroatoms. The van der Waals surface area contributed by atoms with Crippen LogP contribution in [0, 0.1) is 11.8 Å². The molecule has 0 saturated carbocycles. The number of carbonyl (C=O) groups excluding carboxylic acids is 1. The van der Waals surface area contributed by atoms with E-state index in [9.17, 15) is 9.90 Å². The number of carbonyl (C=O) groups is 1. The maximum absolute atomic E-state index is 11.6. The molecule has 1 aromatic rings. The Morgan fingerprint density at radius 2 is 2.05 bits per heavy atom. The fourth-order valence-corrected chi connectivity index (χ4v) is 2.65. The molecule has 1 atom stereocenters. The van der Waals surface area contributed by atoms with Crippen molar-refractivity contribution < 1.29 is 9.90 Å². The van der Waals surface area contributed by atoms with Crippen molar-refractivity contribution in [3.8, 4) is 0 Å². The van der Waals surface area contributed by atoms with Gasteiger partial charge < -0.3 is 10.0 Å². The van der Waals surface area contributed by atoms with Gasteiger partial charge in [-0.3, -0.25) is 4.79 Å². The monoisotopic (exact) mass is 261 g/mol. The van der Waals surface area contributed by atoms with E-state index < -0.39 is 0 Å². The Morgan fingerprint density at radius 3 is 2.68 bits per heavy atom. The maximum Gasteiger partial charge on any atom is 0.227 e. The van der Waals surface area contributed by atoms with Gasteiger partial charge in [0, 0.05) is 25.8 Å². The van der Waals surface area contributed by atoms with E-state index in [1.54, 1.807) is 4.90 Å². The van der Waals surface area contributed by atoms with Gasteiger partial charge in [-0.15, -0.1) is 0 Å². The molecule has 19 heavy (non-hydrogen) atoms. The lowest BCUT2D eigenvalue weighted by Crippen LogP contribution is -2.31. The lowest BCUT2D eigenvalue weighted by Gasteiger charge is -2.27. The molecule has 104 valence electrons. The molecule has 1 unspecified atom stereocenters. The molecular formula is C16H23NO2. The van der Waals surface area contributed by atoms with Crippen LogP contribution in [0.4, 0.5) is 5.69 Å². The molecule has 0 aliphatic carbocycles. The van der Waals surface area contributed by atoms with Crippen LogP contribution in [0.5, 0.6) is 0 Å². The van der Waals surface area contributed by atoms with Crippen molar-refractivity contribution in [1.29, 1.82) is 0 Å². The molecule has 0 saturated heterocycles. The largest absolute Gasteiger partial charge is 0.396 e. The molecule has 2 rings (SSSR count). The smallest absolute Gasteiger partial charge is 0.227 e. The zero-order valence-electron chi connectivity index (χ0n) is 12.0. The summed E-state index contributed by atoms with van der Waals surface area (Å²) in [6.07, 6.45) is 2.33. The normalized spacial score (nSPS) is 16.7. The molecule has 1 aromatic carbocycles. The van der Waals surface area contributed by atoms with Crippen LogP contribution in [-0.4, -0.2) is 24.7 Å². The predicted molar refractivity (Wildman–Crippen MR) is 77.3 cm³/mol. The fraction of sp³-hybridized carbons (Fsp3) is 0.562. The minimum absolute atomic E-state index is 0.190. The van der Waals surface area contributed by atoms with Crippen LogP contribution in [0.2, 0.25) is 0 Å². The van der Waals surface area contributed by atoms with Gasteiger partial charge in [0.05, 0.1) is 0 Å². The maximum atomic E-state index is 11.6. The van der Waals surface area contributed by atoms with Crippen molar-refractivity contribution in [2.45, 2.75) is 33.1 Å². The van der Waals surface area contributed by atoms with Crippen LogP contribution in [0.25, 0.3) is 0 Å². The number of anilines is 1. The highest BCUT2D eigenvalue weighted by atomic mass is 16.3. The molecular weight excluding hydrogens is 238 g/mol. The van der Waals surface area contributed by atoms with Crippen molar-refractivity contribution in [1.82, 2.24) is 0 Å². The SMILES string of the molecule is CC(C)C(CO)Cc1ccc2c(c1)CCC(=O)N2C. The number of aryl methyl sites for hydroxylation is 1. The number of benzene rings is 1. The molecule has 1 N–H and O–H groups in total. The van der Waals surface area contributed by atoms with Gasteiger partial charge in [0.1, 0.15) is 0 Å². The molecule has 1 aliphatic heterocycles. The Morgan fingerprint density at radius 1 is 1.32 bits per heavy atom. The lowest BCUT2D eigenvalue weighted by atomic mass is 9.88. The summed E-state index contributed by atoms with van der Waals surface area (Å²) in [6, 6.07) is 6.32. The second-order valence-corrected chi connectivity index (χ2v) is 5.81. The summed E-state index contributed by atoms with van der Waals surface area (Å²) in [6.45, 7) is 4.52. The minimum atomic E-state index is 0.190. The molecule has 0 spiro atoms. The highest BCUT2D eigenvalue weighted by Gasteiger charge is 2.21. The third-order valence-electron chi connectivity index (χ3n) is 4.16. The first-order valence-electron chi connectivity index (χ1n) is 7.02. The third-order valence-corrected chi connectivity index (χ3v) is 4.16. The number of aliphatic hydroxyl groups excluding tert-OH is 1. The molecule has 1 amide bonds. The van der Waals surface area contributed by atoms with E-state index >= 15 is 0 Å². The van der Waals surface area contributed by atoms with Crippen molar-refractivity contribution >= 4 is 11.6 Å². The molecule has 3 nitrogen and oxygen atoms in total. The number of aliphatic hydroxyl groups is 1. The first-order chi connectivity index (χ1) is 9.02. The third kappa shape index (κ3) is 2.98. The van der Waals surface area contributed by atoms with E-state index in [1.165, 1.54) is 11.1 Å². The van der Waals surface area contributed by atoms with Gasteiger partial charge in [-0.05, 0) is 41.9 Å². The molecule has 0 aromatic heterocycles. The number of amides is 1. The van der Waals surface area contributed by atoms with Gasteiger partial charge in [0.15, 0.2) is 0 Å². The summed E-state index contributed by atoms with van der Waals surface area (Å²) >= 11 is 0. The van der Waals surface area contributed by atoms with E-state index in [1.807, 2.05) is 13.1 Å². The molecule has 0 bridgehead atoms. The Hall–Kier alpha value is -1.35. The fourth-order valence-electron chi connectivity index (χ4n) is 2.65. The van der Waals surface area contributed by atoms with E-state index in [2.05, 4.69) is 26.0 Å². The summed E-state index contributed by atoms with van der Waals surface area (Å²) in [4.78, 5) is 13.4. The Bertz CT molecular complexity index is 468. The van der Waals surface area contributed by atoms with Crippen LogP contribution in [-0.2, 0) is 17.6 Å². The molecule has 1 aliphatic rings. The van der Waals surface area contributed by atoms with Gasteiger partial charge in [-0.25, -0.2) is 0 Å². The zero-order valence-corrected chi connectivity index (χ0v) is 12.0. The van der Waals surface area contributed by atoms with Crippen molar-refractivity contribution in [2.24, 2.45) is 11.8 Å². The summed E-state index contributed by atoms with van der Waals surface area (Å²) in [5.41, 5.74) is 3.54. The van der Waals surface area contributed by atoms with Crippen LogP contribution in [0.1, 0.15) is 31.4 Å². The summed E-state index contributed by atoms with van der Waals surface area (Å²) in [7, 11) is 1.84. The van der Waals surface area contributed by atoms with Gasteiger partial charge in [-0.2, -0.15) is 0 Å².